The molecule has 160 valence electrons. The summed E-state index contributed by atoms with van der Waals surface area (Å²) in [6, 6.07) is 15.6. The minimum atomic E-state index is -2.95. The molecule has 0 N–H and O–H groups in total. The number of ether oxygens (including phenoxy) is 2. The second-order valence-electron chi connectivity index (χ2n) is 7.46. The van der Waals surface area contributed by atoms with Gasteiger partial charge < -0.3 is 9.47 Å². The fourth-order valence-electron chi connectivity index (χ4n) is 3.33. The van der Waals surface area contributed by atoms with E-state index < -0.39 is 6.61 Å². The van der Waals surface area contributed by atoms with Crippen molar-refractivity contribution in [2.45, 2.75) is 19.5 Å². The molecule has 2 heterocycles. The highest BCUT2D eigenvalue weighted by atomic mass is 19.3. The van der Waals surface area contributed by atoms with E-state index in [9.17, 15) is 8.78 Å². The van der Waals surface area contributed by atoms with Gasteiger partial charge in [0.15, 0.2) is 17.3 Å². The summed E-state index contributed by atoms with van der Waals surface area (Å²) < 4.78 is 37.7. The van der Waals surface area contributed by atoms with E-state index in [1.54, 1.807) is 47.1 Å². The van der Waals surface area contributed by atoms with E-state index >= 15 is 0 Å². The maximum atomic E-state index is 12.8. The number of hydrogen-bond donors (Lipinski definition) is 0. The number of benzene rings is 2. The summed E-state index contributed by atoms with van der Waals surface area (Å²) in [6.07, 6.45) is 3.75. The molecule has 1 saturated carbocycles. The van der Waals surface area contributed by atoms with Crippen molar-refractivity contribution in [1.82, 2.24) is 19.6 Å². The molecule has 0 bridgehead atoms. The van der Waals surface area contributed by atoms with Gasteiger partial charge in [-0.3, -0.25) is 0 Å². The lowest BCUT2D eigenvalue weighted by Crippen LogP contribution is -2.06. The Morgan fingerprint density at radius 1 is 1.09 bits per heavy atom. The van der Waals surface area contributed by atoms with Crippen LogP contribution >= 0.6 is 0 Å². The smallest absolute Gasteiger partial charge is 0.387 e. The monoisotopic (exact) mass is 433 g/mol. The minimum Gasteiger partial charge on any atom is -0.489 e. The Kier molecular flexibility index (Phi) is 5.11. The molecule has 0 saturated heterocycles. The van der Waals surface area contributed by atoms with E-state index in [1.165, 1.54) is 6.07 Å². The molecule has 0 radical (unpaired) electrons. The Hall–Kier alpha value is -4.06. The molecular weight excluding hydrogens is 416 g/mol. The summed E-state index contributed by atoms with van der Waals surface area (Å²) in [5.74, 6) is 1.48. The van der Waals surface area contributed by atoms with Gasteiger partial charge >= 0.3 is 6.61 Å². The van der Waals surface area contributed by atoms with Crippen LogP contribution in [0.4, 0.5) is 8.78 Å². The third kappa shape index (κ3) is 4.07. The number of nitrogens with zero attached hydrogens (tertiary/aromatic N) is 5. The zero-order valence-electron chi connectivity index (χ0n) is 16.8. The lowest BCUT2D eigenvalue weighted by atomic mass is 10.1. The second kappa shape index (κ2) is 8.23. The Morgan fingerprint density at radius 2 is 1.97 bits per heavy atom. The molecule has 2 aromatic heterocycles. The number of alkyl halides is 2. The quantitative estimate of drug-likeness (QED) is 0.419. The first-order valence-corrected chi connectivity index (χ1v) is 10.0. The van der Waals surface area contributed by atoms with Crippen LogP contribution in [0.25, 0.3) is 28.4 Å². The van der Waals surface area contributed by atoms with Gasteiger partial charge in [-0.1, -0.05) is 12.1 Å². The van der Waals surface area contributed by atoms with Gasteiger partial charge in [0.2, 0.25) is 0 Å². The van der Waals surface area contributed by atoms with Crippen LogP contribution in [0.15, 0.2) is 54.7 Å². The minimum absolute atomic E-state index is 0.0118. The lowest BCUT2D eigenvalue weighted by molar-refractivity contribution is -0.0515. The van der Waals surface area contributed by atoms with E-state index in [0.29, 0.717) is 46.5 Å². The van der Waals surface area contributed by atoms with Crippen molar-refractivity contribution >= 4 is 5.78 Å². The second-order valence-corrected chi connectivity index (χ2v) is 7.46. The molecule has 0 unspecified atom stereocenters. The van der Waals surface area contributed by atoms with Crippen LogP contribution in [0.1, 0.15) is 18.4 Å². The molecule has 5 rings (SSSR count). The number of halogens is 2. The Bertz CT molecular complexity index is 1330. The number of rotatable bonds is 7. The van der Waals surface area contributed by atoms with Gasteiger partial charge in [0.25, 0.3) is 5.78 Å². The molecule has 2 aromatic carbocycles. The predicted molar refractivity (Wildman–Crippen MR) is 111 cm³/mol. The Morgan fingerprint density at radius 3 is 2.75 bits per heavy atom. The highest BCUT2D eigenvalue weighted by Gasteiger charge is 2.23. The van der Waals surface area contributed by atoms with Gasteiger partial charge in [-0.25, -0.2) is 4.98 Å². The largest absolute Gasteiger partial charge is 0.489 e. The summed E-state index contributed by atoms with van der Waals surface area (Å²) in [5.41, 5.74) is 2.54. The van der Waals surface area contributed by atoms with Crippen molar-refractivity contribution in [2.75, 3.05) is 6.61 Å². The summed E-state index contributed by atoms with van der Waals surface area (Å²) in [7, 11) is 0. The number of hydrogen-bond acceptors (Lipinski definition) is 6. The molecule has 1 aliphatic rings. The molecule has 7 nitrogen and oxygen atoms in total. The summed E-state index contributed by atoms with van der Waals surface area (Å²) >= 11 is 0. The van der Waals surface area contributed by atoms with Gasteiger partial charge in [-0.2, -0.15) is 23.5 Å². The van der Waals surface area contributed by atoms with E-state index in [0.717, 1.165) is 12.8 Å². The van der Waals surface area contributed by atoms with Crippen molar-refractivity contribution in [3.8, 4) is 40.2 Å². The third-order valence-corrected chi connectivity index (χ3v) is 5.12. The average Bonchev–Trinajstić information content (AvgIpc) is 3.53. The van der Waals surface area contributed by atoms with E-state index in [2.05, 4.69) is 25.9 Å². The van der Waals surface area contributed by atoms with Crippen LogP contribution in [-0.2, 0) is 0 Å². The fraction of sp³-hybridized carbons (Fsp3) is 0.217. The Balaban J connectivity index is 1.55. The highest BCUT2D eigenvalue weighted by Crippen LogP contribution is 2.36. The lowest BCUT2D eigenvalue weighted by Gasteiger charge is -2.14. The van der Waals surface area contributed by atoms with Crippen molar-refractivity contribution in [3.05, 3.63) is 60.3 Å². The van der Waals surface area contributed by atoms with Gasteiger partial charge in [0, 0.05) is 17.3 Å². The van der Waals surface area contributed by atoms with Crippen molar-refractivity contribution in [2.24, 2.45) is 5.92 Å². The Labute approximate surface area is 181 Å². The topological polar surface area (TPSA) is 85.3 Å². The molecule has 32 heavy (non-hydrogen) atoms. The van der Waals surface area contributed by atoms with Gasteiger partial charge in [-0.05, 0) is 55.2 Å². The van der Waals surface area contributed by atoms with Crippen LogP contribution in [0, 0.1) is 17.2 Å². The van der Waals surface area contributed by atoms with Gasteiger partial charge in [-0.15, -0.1) is 5.10 Å². The van der Waals surface area contributed by atoms with E-state index in [4.69, 9.17) is 10.00 Å². The maximum Gasteiger partial charge on any atom is 0.387 e. The molecule has 1 aliphatic carbocycles. The van der Waals surface area contributed by atoms with Crippen LogP contribution in [0.2, 0.25) is 0 Å². The summed E-state index contributed by atoms with van der Waals surface area (Å²) in [4.78, 5) is 8.74. The molecule has 0 amide bonds. The molecule has 4 aromatic rings. The van der Waals surface area contributed by atoms with E-state index in [1.807, 2.05) is 6.07 Å². The first-order valence-electron chi connectivity index (χ1n) is 10.0. The number of nitriles is 1. The van der Waals surface area contributed by atoms with Crippen molar-refractivity contribution in [3.63, 3.8) is 0 Å². The number of aromatic nitrogens is 4. The fourth-order valence-corrected chi connectivity index (χ4v) is 3.33. The third-order valence-electron chi connectivity index (χ3n) is 5.12. The maximum absolute atomic E-state index is 12.8. The normalized spacial score (nSPS) is 13.3. The first kappa shape index (κ1) is 19.9. The standard InChI is InChI=1S/C23H17F2N5O2/c24-22(25)32-19-7-6-16(11-20(19)31-13-14-4-5-14)18-8-9-27-23-28-21(29-30(18)23)17-3-1-2-15(10-17)12-26/h1-3,6-11,14,22H,4-5,13H2. The van der Waals surface area contributed by atoms with Gasteiger partial charge in [0.05, 0.1) is 23.9 Å². The summed E-state index contributed by atoms with van der Waals surface area (Å²) in [5, 5.41) is 13.7. The molecule has 0 atom stereocenters. The highest BCUT2D eigenvalue weighted by molar-refractivity contribution is 5.67. The summed E-state index contributed by atoms with van der Waals surface area (Å²) in [6.45, 7) is -2.49. The van der Waals surface area contributed by atoms with Crippen LogP contribution in [0.3, 0.4) is 0 Å². The van der Waals surface area contributed by atoms with Crippen LogP contribution < -0.4 is 9.47 Å². The van der Waals surface area contributed by atoms with E-state index in [-0.39, 0.29) is 11.5 Å². The van der Waals surface area contributed by atoms with Crippen LogP contribution in [-0.4, -0.2) is 32.8 Å². The SMILES string of the molecule is N#Cc1cccc(-c2nc3nccc(-c4ccc(OC(F)F)c(OCC5CC5)c4)n3n2)c1. The number of fused-ring (bicyclic) bond motifs is 1. The van der Waals surface area contributed by atoms with Crippen molar-refractivity contribution in [1.29, 1.82) is 5.26 Å². The average molecular weight is 433 g/mol. The molecule has 1 fully saturated rings. The van der Waals surface area contributed by atoms with Crippen molar-refractivity contribution < 1.29 is 18.3 Å². The zero-order chi connectivity index (χ0) is 22.1. The molecule has 0 aliphatic heterocycles. The molecule has 0 spiro atoms. The molecular formula is C23H17F2N5O2. The van der Waals surface area contributed by atoms with Gasteiger partial charge in [0.1, 0.15) is 0 Å². The first-order chi connectivity index (χ1) is 15.6. The predicted octanol–water partition coefficient (Wildman–Crippen LogP) is 4.72. The zero-order valence-corrected chi connectivity index (χ0v) is 16.8. The van der Waals surface area contributed by atoms with Crippen LogP contribution in [0.5, 0.6) is 11.5 Å². The molecule has 9 heteroatoms.